The SMILES string of the molecule is CC(COc1ccc(F)cc1F)NC(=O)N1CC(F)CC1CO. The maximum absolute atomic E-state index is 13.4. The third-order valence-electron chi connectivity index (χ3n) is 3.59. The molecule has 0 radical (unpaired) electrons. The highest BCUT2D eigenvalue weighted by molar-refractivity contribution is 5.75. The van der Waals surface area contributed by atoms with Crippen LogP contribution in [0.2, 0.25) is 0 Å². The van der Waals surface area contributed by atoms with E-state index < -0.39 is 35.9 Å². The molecule has 0 bridgehead atoms. The fourth-order valence-electron chi connectivity index (χ4n) is 2.42. The maximum atomic E-state index is 13.4. The molecule has 2 amide bonds. The Balaban J connectivity index is 1.84. The standard InChI is InChI=1S/C15H19F3N2O3/c1-9(8-23-14-3-2-10(16)5-13(14)18)19-15(22)20-6-11(17)4-12(20)7-21/h2-3,5,9,11-12,21H,4,6-8H2,1H3,(H,19,22). The van der Waals surface area contributed by atoms with E-state index in [1.54, 1.807) is 6.92 Å². The summed E-state index contributed by atoms with van der Waals surface area (Å²) in [5.41, 5.74) is 0. The van der Waals surface area contributed by atoms with E-state index in [9.17, 15) is 18.0 Å². The molecule has 23 heavy (non-hydrogen) atoms. The van der Waals surface area contributed by atoms with Gasteiger partial charge in [0.25, 0.3) is 0 Å². The second-order valence-electron chi connectivity index (χ2n) is 5.56. The van der Waals surface area contributed by atoms with Gasteiger partial charge in [-0.2, -0.15) is 0 Å². The summed E-state index contributed by atoms with van der Waals surface area (Å²) in [6, 6.07) is 1.39. The molecule has 1 aliphatic heterocycles. The second-order valence-corrected chi connectivity index (χ2v) is 5.56. The number of hydrogen-bond acceptors (Lipinski definition) is 3. The fraction of sp³-hybridized carbons (Fsp3) is 0.533. The van der Waals surface area contributed by atoms with Gasteiger partial charge in [-0.25, -0.2) is 18.0 Å². The highest BCUT2D eigenvalue weighted by Crippen LogP contribution is 2.20. The Morgan fingerprint density at radius 1 is 1.52 bits per heavy atom. The highest BCUT2D eigenvalue weighted by atomic mass is 19.1. The van der Waals surface area contributed by atoms with Gasteiger partial charge in [-0.3, -0.25) is 0 Å². The molecule has 1 heterocycles. The number of aliphatic hydroxyl groups is 1. The molecule has 0 spiro atoms. The quantitative estimate of drug-likeness (QED) is 0.865. The van der Waals surface area contributed by atoms with Crippen LogP contribution in [0, 0.1) is 11.6 Å². The third-order valence-corrected chi connectivity index (χ3v) is 3.59. The first-order chi connectivity index (χ1) is 10.9. The van der Waals surface area contributed by atoms with Crippen molar-refractivity contribution in [2.24, 2.45) is 0 Å². The molecule has 1 aliphatic rings. The van der Waals surface area contributed by atoms with E-state index in [1.165, 1.54) is 4.90 Å². The summed E-state index contributed by atoms with van der Waals surface area (Å²) in [5, 5.41) is 11.8. The Morgan fingerprint density at radius 2 is 2.26 bits per heavy atom. The Morgan fingerprint density at radius 3 is 2.91 bits per heavy atom. The minimum Gasteiger partial charge on any atom is -0.488 e. The first kappa shape index (κ1) is 17.4. The van der Waals surface area contributed by atoms with Crippen LogP contribution in [0.15, 0.2) is 18.2 Å². The highest BCUT2D eigenvalue weighted by Gasteiger charge is 2.35. The van der Waals surface area contributed by atoms with Crippen LogP contribution in [0.25, 0.3) is 0 Å². The molecule has 0 aromatic heterocycles. The lowest BCUT2D eigenvalue weighted by molar-refractivity contribution is 0.151. The van der Waals surface area contributed by atoms with E-state index >= 15 is 0 Å². The van der Waals surface area contributed by atoms with Crippen molar-refractivity contribution >= 4 is 6.03 Å². The molecule has 0 saturated carbocycles. The summed E-state index contributed by atoms with van der Waals surface area (Å²) >= 11 is 0. The molecular weight excluding hydrogens is 313 g/mol. The number of urea groups is 1. The second kappa shape index (κ2) is 7.54. The number of nitrogens with zero attached hydrogens (tertiary/aromatic N) is 1. The predicted molar refractivity (Wildman–Crippen MR) is 76.9 cm³/mol. The molecular formula is C15H19F3N2O3. The van der Waals surface area contributed by atoms with Crippen molar-refractivity contribution in [2.75, 3.05) is 19.8 Å². The smallest absolute Gasteiger partial charge is 0.318 e. The van der Waals surface area contributed by atoms with Crippen LogP contribution in [0.3, 0.4) is 0 Å². The summed E-state index contributed by atoms with van der Waals surface area (Å²) in [4.78, 5) is 13.3. The van der Waals surface area contributed by atoms with Crippen molar-refractivity contribution in [1.82, 2.24) is 10.2 Å². The summed E-state index contributed by atoms with van der Waals surface area (Å²) in [6.07, 6.45) is -1.05. The van der Waals surface area contributed by atoms with E-state index in [0.717, 1.165) is 12.1 Å². The number of amides is 2. The average Bonchev–Trinajstić information content (AvgIpc) is 2.87. The lowest BCUT2D eigenvalue weighted by atomic mass is 10.2. The Bertz CT molecular complexity index is 559. The molecule has 1 saturated heterocycles. The molecule has 8 heteroatoms. The topological polar surface area (TPSA) is 61.8 Å². The molecule has 128 valence electrons. The van der Waals surface area contributed by atoms with Crippen LogP contribution in [0.1, 0.15) is 13.3 Å². The van der Waals surface area contributed by atoms with Crippen LogP contribution in [0.5, 0.6) is 5.75 Å². The van der Waals surface area contributed by atoms with Crippen molar-refractivity contribution in [3.63, 3.8) is 0 Å². The zero-order valence-corrected chi connectivity index (χ0v) is 12.6. The first-order valence-electron chi connectivity index (χ1n) is 7.30. The largest absolute Gasteiger partial charge is 0.488 e. The maximum Gasteiger partial charge on any atom is 0.318 e. The molecule has 1 aromatic rings. The Labute approximate surface area is 132 Å². The number of carbonyl (C=O) groups is 1. The number of alkyl halides is 1. The van der Waals surface area contributed by atoms with Crippen molar-refractivity contribution in [3.8, 4) is 5.75 Å². The zero-order chi connectivity index (χ0) is 17.0. The van der Waals surface area contributed by atoms with Crippen LogP contribution in [0.4, 0.5) is 18.0 Å². The molecule has 1 aromatic carbocycles. The van der Waals surface area contributed by atoms with E-state index in [4.69, 9.17) is 9.84 Å². The normalized spacial score (nSPS) is 22.0. The summed E-state index contributed by atoms with van der Waals surface area (Å²) in [7, 11) is 0. The summed E-state index contributed by atoms with van der Waals surface area (Å²) in [5.74, 6) is -1.66. The minimum absolute atomic E-state index is 0.0367. The van der Waals surface area contributed by atoms with Gasteiger partial charge >= 0.3 is 6.03 Å². The van der Waals surface area contributed by atoms with E-state index in [1.807, 2.05) is 0 Å². The monoisotopic (exact) mass is 332 g/mol. The van der Waals surface area contributed by atoms with E-state index in [0.29, 0.717) is 6.07 Å². The van der Waals surface area contributed by atoms with Crippen molar-refractivity contribution in [1.29, 1.82) is 0 Å². The van der Waals surface area contributed by atoms with Gasteiger partial charge < -0.3 is 20.1 Å². The van der Waals surface area contributed by atoms with Crippen molar-refractivity contribution in [3.05, 3.63) is 29.8 Å². The van der Waals surface area contributed by atoms with Gasteiger partial charge in [0, 0.05) is 12.5 Å². The van der Waals surface area contributed by atoms with Crippen LogP contribution < -0.4 is 10.1 Å². The first-order valence-corrected chi connectivity index (χ1v) is 7.30. The number of hydrogen-bond donors (Lipinski definition) is 2. The van der Waals surface area contributed by atoms with Crippen molar-refractivity contribution in [2.45, 2.75) is 31.6 Å². The van der Waals surface area contributed by atoms with Gasteiger partial charge in [0.15, 0.2) is 11.6 Å². The predicted octanol–water partition coefficient (Wildman–Crippen LogP) is 1.85. The number of ether oxygens (including phenoxy) is 1. The number of carbonyl (C=O) groups excluding carboxylic acids is 1. The molecule has 2 N–H and O–H groups in total. The average molecular weight is 332 g/mol. The van der Waals surface area contributed by atoms with Gasteiger partial charge in [0.1, 0.15) is 18.6 Å². The number of aliphatic hydroxyl groups excluding tert-OH is 1. The third kappa shape index (κ3) is 4.51. The molecule has 5 nitrogen and oxygen atoms in total. The van der Waals surface area contributed by atoms with Crippen LogP contribution in [-0.4, -0.2) is 54.1 Å². The van der Waals surface area contributed by atoms with Gasteiger partial charge in [0.05, 0.1) is 25.2 Å². The molecule has 3 atom stereocenters. The van der Waals surface area contributed by atoms with Crippen LogP contribution >= 0.6 is 0 Å². The summed E-state index contributed by atoms with van der Waals surface area (Å²) < 4.78 is 44.7. The molecule has 2 rings (SSSR count). The fourth-order valence-corrected chi connectivity index (χ4v) is 2.42. The Kier molecular flexibility index (Phi) is 5.70. The molecule has 1 fully saturated rings. The number of benzene rings is 1. The van der Waals surface area contributed by atoms with E-state index in [-0.39, 0.29) is 31.9 Å². The number of halogens is 3. The van der Waals surface area contributed by atoms with Crippen LogP contribution in [-0.2, 0) is 0 Å². The Hall–Kier alpha value is -1.96. The van der Waals surface area contributed by atoms with Gasteiger partial charge in [-0.1, -0.05) is 0 Å². The zero-order valence-electron chi connectivity index (χ0n) is 12.6. The molecule has 0 aliphatic carbocycles. The van der Waals surface area contributed by atoms with Gasteiger partial charge in [-0.15, -0.1) is 0 Å². The van der Waals surface area contributed by atoms with Gasteiger partial charge in [-0.05, 0) is 19.1 Å². The number of nitrogens with one attached hydrogen (secondary N) is 1. The lowest BCUT2D eigenvalue weighted by Crippen LogP contribution is -2.48. The number of rotatable bonds is 5. The van der Waals surface area contributed by atoms with E-state index in [2.05, 4.69) is 5.32 Å². The van der Waals surface area contributed by atoms with Gasteiger partial charge in [0.2, 0.25) is 0 Å². The molecule has 3 unspecified atom stereocenters. The minimum atomic E-state index is -1.15. The number of likely N-dealkylation sites (tertiary alicyclic amines) is 1. The lowest BCUT2D eigenvalue weighted by Gasteiger charge is -2.25. The summed E-state index contributed by atoms with van der Waals surface area (Å²) in [6.45, 7) is 1.22. The van der Waals surface area contributed by atoms with Crippen molar-refractivity contribution < 1.29 is 27.8 Å².